The molecule has 1 aromatic heterocycles. The van der Waals surface area contributed by atoms with Crippen molar-refractivity contribution >= 4 is 21.8 Å². The van der Waals surface area contributed by atoms with Gasteiger partial charge in [-0.05, 0) is 31.2 Å². The number of nitrogens with one attached hydrogen (secondary N) is 1. The lowest BCUT2D eigenvalue weighted by Gasteiger charge is -2.31. The van der Waals surface area contributed by atoms with Crippen LogP contribution < -0.4 is 5.32 Å². The first-order valence-corrected chi connectivity index (χ1v) is 8.39. The summed E-state index contributed by atoms with van der Waals surface area (Å²) in [6.07, 6.45) is 1.76. The van der Waals surface area contributed by atoms with Crippen LogP contribution in [0.3, 0.4) is 0 Å². The molecule has 114 valence electrons. The van der Waals surface area contributed by atoms with Gasteiger partial charge < -0.3 is 5.32 Å². The number of aromatic nitrogens is 2. The monoisotopic (exact) mass is 343 g/mol. The van der Waals surface area contributed by atoms with Crippen LogP contribution in [0.1, 0.15) is 57.2 Å². The fourth-order valence-corrected chi connectivity index (χ4v) is 2.59. The normalized spacial score (nSPS) is 13.3. The summed E-state index contributed by atoms with van der Waals surface area (Å²) in [4.78, 5) is 12.5. The second kappa shape index (κ2) is 7.25. The van der Waals surface area contributed by atoms with E-state index in [1.165, 1.54) is 0 Å². The minimum Gasteiger partial charge on any atom is -0.347 e. The molecule has 0 fully saturated rings. The van der Waals surface area contributed by atoms with E-state index in [1.54, 1.807) is 4.68 Å². The van der Waals surface area contributed by atoms with Crippen LogP contribution in [0.4, 0.5) is 0 Å². The van der Waals surface area contributed by atoms with Gasteiger partial charge >= 0.3 is 0 Å². The molecule has 1 N–H and O–H groups in total. The Morgan fingerprint density at radius 2 is 2.10 bits per heavy atom. The van der Waals surface area contributed by atoms with Crippen LogP contribution in [0.15, 0.2) is 6.07 Å². The molecule has 0 bridgehead atoms. The first kappa shape index (κ1) is 17.2. The highest BCUT2D eigenvalue weighted by Crippen LogP contribution is 2.23. The molecule has 1 unspecified atom stereocenters. The number of halogens is 1. The van der Waals surface area contributed by atoms with Crippen LogP contribution in [-0.2, 0) is 13.0 Å². The second-order valence-corrected chi connectivity index (χ2v) is 6.85. The summed E-state index contributed by atoms with van der Waals surface area (Å²) >= 11 is 3.46. The number of hydrogen-bond donors (Lipinski definition) is 1. The average Bonchev–Trinajstić information content (AvgIpc) is 2.80. The molecule has 0 aromatic carbocycles. The van der Waals surface area contributed by atoms with E-state index in [2.05, 4.69) is 47.1 Å². The van der Waals surface area contributed by atoms with Crippen LogP contribution in [0, 0.1) is 5.41 Å². The second-order valence-electron chi connectivity index (χ2n) is 6.06. The topological polar surface area (TPSA) is 46.9 Å². The molecular formula is C15H26BrN3O. The number of nitrogens with zero attached hydrogens (tertiary/aromatic N) is 2. The number of rotatable bonds is 6. The molecule has 0 radical (unpaired) electrons. The smallest absolute Gasteiger partial charge is 0.269 e. The van der Waals surface area contributed by atoms with Crippen molar-refractivity contribution in [3.63, 3.8) is 0 Å². The molecule has 1 amide bonds. The molecule has 0 aliphatic heterocycles. The number of hydrogen-bond acceptors (Lipinski definition) is 2. The van der Waals surface area contributed by atoms with E-state index >= 15 is 0 Å². The Morgan fingerprint density at radius 3 is 2.55 bits per heavy atom. The van der Waals surface area contributed by atoms with Crippen molar-refractivity contribution in [3.05, 3.63) is 17.5 Å². The van der Waals surface area contributed by atoms with Gasteiger partial charge in [0.1, 0.15) is 5.69 Å². The molecular weight excluding hydrogens is 318 g/mol. The molecule has 0 spiro atoms. The van der Waals surface area contributed by atoms with Crippen LogP contribution in [-0.4, -0.2) is 27.1 Å². The summed E-state index contributed by atoms with van der Waals surface area (Å²) < 4.78 is 1.78. The Balaban J connectivity index is 2.91. The van der Waals surface area contributed by atoms with Crippen LogP contribution >= 0.6 is 15.9 Å². The minimum atomic E-state index is -0.0278. The molecule has 0 aliphatic carbocycles. The first-order chi connectivity index (χ1) is 9.33. The van der Waals surface area contributed by atoms with Crippen molar-refractivity contribution in [1.29, 1.82) is 0 Å². The lowest BCUT2D eigenvalue weighted by atomic mass is 9.85. The van der Waals surface area contributed by atoms with Gasteiger partial charge in [-0.2, -0.15) is 5.10 Å². The van der Waals surface area contributed by atoms with E-state index in [4.69, 9.17) is 0 Å². The third-order valence-corrected chi connectivity index (χ3v) is 3.93. The zero-order valence-corrected chi connectivity index (χ0v) is 14.7. The Bertz CT molecular complexity index is 448. The third kappa shape index (κ3) is 4.33. The Kier molecular flexibility index (Phi) is 6.24. The fraction of sp³-hybridized carbons (Fsp3) is 0.733. The van der Waals surface area contributed by atoms with E-state index in [1.807, 2.05) is 19.9 Å². The highest BCUT2D eigenvalue weighted by molar-refractivity contribution is 9.09. The molecule has 0 saturated carbocycles. The van der Waals surface area contributed by atoms with E-state index in [-0.39, 0.29) is 17.4 Å². The summed E-state index contributed by atoms with van der Waals surface area (Å²) in [5.74, 6) is -0.0278. The van der Waals surface area contributed by atoms with Crippen molar-refractivity contribution in [1.82, 2.24) is 15.1 Å². The molecule has 0 aliphatic rings. The van der Waals surface area contributed by atoms with Gasteiger partial charge in [-0.3, -0.25) is 9.48 Å². The number of carbonyl (C=O) groups is 1. The zero-order valence-electron chi connectivity index (χ0n) is 13.2. The largest absolute Gasteiger partial charge is 0.347 e. The molecule has 1 atom stereocenters. The van der Waals surface area contributed by atoms with Gasteiger partial charge in [0, 0.05) is 17.9 Å². The first-order valence-electron chi connectivity index (χ1n) is 7.27. The van der Waals surface area contributed by atoms with Crippen molar-refractivity contribution in [2.45, 2.75) is 60.0 Å². The lowest BCUT2D eigenvalue weighted by molar-refractivity contribution is 0.0890. The van der Waals surface area contributed by atoms with Crippen LogP contribution in [0.2, 0.25) is 0 Å². The predicted octanol–water partition coefficient (Wildman–Crippen LogP) is 3.39. The summed E-state index contributed by atoms with van der Waals surface area (Å²) in [7, 11) is 0. The SMILES string of the molecule is CCc1cc(C(=O)NC(CCBr)C(C)(C)C)n(CC)n1. The van der Waals surface area contributed by atoms with Crippen molar-refractivity contribution in [2.24, 2.45) is 5.41 Å². The number of amides is 1. The lowest BCUT2D eigenvalue weighted by Crippen LogP contribution is -2.44. The van der Waals surface area contributed by atoms with E-state index in [0.717, 1.165) is 23.9 Å². The highest BCUT2D eigenvalue weighted by atomic mass is 79.9. The number of aryl methyl sites for hydroxylation is 2. The molecule has 5 heteroatoms. The molecule has 20 heavy (non-hydrogen) atoms. The van der Waals surface area contributed by atoms with Gasteiger partial charge in [-0.15, -0.1) is 0 Å². The van der Waals surface area contributed by atoms with Crippen LogP contribution in [0.5, 0.6) is 0 Å². The van der Waals surface area contributed by atoms with Gasteiger partial charge in [0.05, 0.1) is 5.69 Å². The number of alkyl halides is 1. The van der Waals surface area contributed by atoms with Gasteiger partial charge in [0.25, 0.3) is 5.91 Å². The van der Waals surface area contributed by atoms with E-state index in [9.17, 15) is 4.79 Å². The average molecular weight is 344 g/mol. The summed E-state index contributed by atoms with van der Waals surface area (Å²) in [5.41, 5.74) is 1.66. The predicted molar refractivity (Wildman–Crippen MR) is 86.4 cm³/mol. The fourth-order valence-electron chi connectivity index (χ4n) is 2.13. The summed E-state index contributed by atoms with van der Waals surface area (Å²) in [6, 6.07) is 2.03. The third-order valence-electron chi connectivity index (χ3n) is 3.47. The molecule has 1 rings (SSSR count). The Labute approximate surface area is 130 Å². The maximum Gasteiger partial charge on any atom is 0.269 e. The van der Waals surface area contributed by atoms with Gasteiger partial charge in [-0.1, -0.05) is 43.6 Å². The quantitative estimate of drug-likeness (QED) is 0.804. The molecule has 4 nitrogen and oxygen atoms in total. The maximum atomic E-state index is 12.5. The number of carbonyl (C=O) groups excluding carboxylic acids is 1. The Morgan fingerprint density at radius 1 is 1.45 bits per heavy atom. The van der Waals surface area contributed by atoms with Crippen molar-refractivity contribution in [2.75, 3.05) is 5.33 Å². The van der Waals surface area contributed by atoms with E-state index < -0.39 is 0 Å². The van der Waals surface area contributed by atoms with Crippen LogP contribution in [0.25, 0.3) is 0 Å². The molecule has 1 aromatic rings. The van der Waals surface area contributed by atoms with Gasteiger partial charge in [0.15, 0.2) is 0 Å². The van der Waals surface area contributed by atoms with Crippen molar-refractivity contribution < 1.29 is 4.79 Å². The van der Waals surface area contributed by atoms with Gasteiger partial charge in [0.2, 0.25) is 0 Å². The minimum absolute atomic E-state index is 0.0278. The van der Waals surface area contributed by atoms with Crippen molar-refractivity contribution in [3.8, 4) is 0 Å². The molecule has 1 heterocycles. The molecule has 0 saturated heterocycles. The maximum absolute atomic E-state index is 12.5. The van der Waals surface area contributed by atoms with Gasteiger partial charge in [-0.25, -0.2) is 0 Å². The Hall–Kier alpha value is -0.840. The standard InChI is InChI=1S/C15H26BrN3O/c1-6-11-10-12(19(7-2)18-11)14(20)17-13(8-9-16)15(3,4)5/h10,13H,6-9H2,1-5H3,(H,17,20). The van der Waals surface area contributed by atoms with E-state index in [0.29, 0.717) is 12.2 Å². The summed E-state index contributed by atoms with van der Waals surface area (Å²) in [5, 5.41) is 8.46. The highest BCUT2D eigenvalue weighted by Gasteiger charge is 2.27. The zero-order chi connectivity index (χ0) is 15.3. The summed E-state index contributed by atoms with van der Waals surface area (Å²) in [6.45, 7) is 11.2.